The molecule has 0 N–H and O–H groups in total. The smallest absolute Gasteiger partial charge is 0.00934 e. The van der Waals surface area contributed by atoms with Crippen molar-refractivity contribution in [1.82, 2.24) is 9.80 Å². The fourth-order valence-corrected chi connectivity index (χ4v) is 3.76. The first-order valence-electron chi connectivity index (χ1n) is 7.53. The molecule has 0 saturated heterocycles. The van der Waals surface area contributed by atoms with Crippen molar-refractivity contribution in [1.29, 1.82) is 0 Å². The zero-order valence-corrected chi connectivity index (χ0v) is 12.0. The lowest BCUT2D eigenvalue weighted by Crippen LogP contribution is -2.41. The Morgan fingerprint density at radius 2 is 1.29 bits per heavy atom. The summed E-state index contributed by atoms with van der Waals surface area (Å²) in [7, 11) is 6.82. The summed E-state index contributed by atoms with van der Waals surface area (Å²) in [6.07, 6.45) is 11.5. The maximum Gasteiger partial charge on any atom is 0.00934 e. The second kappa shape index (κ2) is 6.19. The molecule has 0 aromatic heterocycles. The second-order valence-corrected chi connectivity index (χ2v) is 6.52. The van der Waals surface area contributed by atoms with Crippen LogP contribution in [0.4, 0.5) is 0 Å². The van der Waals surface area contributed by atoms with E-state index in [4.69, 9.17) is 0 Å². The van der Waals surface area contributed by atoms with Gasteiger partial charge in [0.05, 0.1) is 0 Å². The molecule has 2 nitrogen and oxygen atoms in total. The molecule has 0 heterocycles. The van der Waals surface area contributed by atoms with Crippen LogP contribution in [0.15, 0.2) is 0 Å². The maximum atomic E-state index is 2.67. The van der Waals surface area contributed by atoms with Crippen LogP contribution in [-0.2, 0) is 0 Å². The molecular formula is C15H30N2. The van der Waals surface area contributed by atoms with E-state index in [-0.39, 0.29) is 0 Å². The second-order valence-electron chi connectivity index (χ2n) is 6.52. The third-order valence-electron chi connectivity index (χ3n) is 5.04. The summed E-state index contributed by atoms with van der Waals surface area (Å²) < 4.78 is 0. The Labute approximate surface area is 107 Å². The van der Waals surface area contributed by atoms with Crippen molar-refractivity contribution in [3.8, 4) is 0 Å². The van der Waals surface area contributed by atoms with E-state index in [9.17, 15) is 0 Å². The summed E-state index contributed by atoms with van der Waals surface area (Å²) in [4.78, 5) is 5.08. The van der Waals surface area contributed by atoms with Crippen molar-refractivity contribution in [2.24, 2.45) is 5.92 Å². The number of nitrogens with zero attached hydrogens (tertiary/aromatic N) is 2. The summed E-state index contributed by atoms with van der Waals surface area (Å²) >= 11 is 0. The highest BCUT2D eigenvalue weighted by molar-refractivity contribution is 4.83. The quantitative estimate of drug-likeness (QED) is 0.743. The van der Waals surface area contributed by atoms with Gasteiger partial charge in [0.25, 0.3) is 0 Å². The van der Waals surface area contributed by atoms with Crippen LogP contribution in [0.2, 0.25) is 0 Å². The predicted molar refractivity (Wildman–Crippen MR) is 74.3 cm³/mol. The summed E-state index contributed by atoms with van der Waals surface area (Å²) in [6.45, 7) is 1.36. The number of hydrogen-bond donors (Lipinski definition) is 0. The molecule has 2 aliphatic carbocycles. The molecule has 2 aliphatic rings. The zero-order valence-electron chi connectivity index (χ0n) is 12.0. The van der Waals surface area contributed by atoms with Crippen LogP contribution in [-0.4, -0.2) is 49.6 Å². The van der Waals surface area contributed by atoms with Crippen LogP contribution in [0.1, 0.15) is 51.4 Å². The Morgan fingerprint density at radius 3 is 1.82 bits per heavy atom. The van der Waals surface area contributed by atoms with Gasteiger partial charge in [-0.25, -0.2) is 0 Å². The zero-order chi connectivity index (χ0) is 12.3. The lowest BCUT2D eigenvalue weighted by molar-refractivity contribution is 0.125. The Bertz CT molecular complexity index is 213. The first-order chi connectivity index (χ1) is 8.16. The van der Waals surface area contributed by atoms with E-state index in [1.165, 1.54) is 57.9 Å². The van der Waals surface area contributed by atoms with Crippen LogP contribution in [0, 0.1) is 5.92 Å². The summed E-state index contributed by atoms with van der Waals surface area (Å²) in [5, 5.41) is 0. The largest absolute Gasteiger partial charge is 0.306 e. The van der Waals surface area contributed by atoms with Crippen molar-refractivity contribution in [3.05, 3.63) is 0 Å². The van der Waals surface area contributed by atoms with E-state index in [1.54, 1.807) is 0 Å². The van der Waals surface area contributed by atoms with E-state index in [2.05, 4.69) is 30.9 Å². The fraction of sp³-hybridized carbons (Fsp3) is 1.00. The van der Waals surface area contributed by atoms with Crippen molar-refractivity contribution in [2.45, 2.75) is 63.5 Å². The van der Waals surface area contributed by atoms with Gasteiger partial charge in [0.2, 0.25) is 0 Å². The molecular weight excluding hydrogens is 208 g/mol. The minimum Gasteiger partial charge on any atom is -0.306 e. The Morgan fingerprint density at radius 1 is 0.765 bits per heavy atom. The van der Waals surface area contributed by atoms with Crippen LogP contribution in [0.3, 0.4) is 0 Å². The molecule has 2 saturated carbocycles. The molecule has 0 radical (unpaired) electrons. The molecule has 100 valence electrons. The number of hydrogen-bond acceptors (Lipinski definition) is 2. The highest BCUT2D eigenvalue weighted by Gasteiger charge is 2.26. The molecule has 0 aliphatic heterocycles. The standard InChI is InChI=1S/C15H30N2/c1-16(2)14-8-10-15(11-9-14)17(3)12-13-6-4-5-7-13/h13-15H,4-12H2,1-3H3/t14-,15+. The number of rotatable bonds is 4. The van der Waals surface area contributed by atoms with Gasteiger partial charge < -0.3 is 9.80 Å². The van der Waals surface area contributed by atoms with E-state index in [0.29, 0.717) is 0 Å². The molecule has 17 heavy (non-hydrogen) atoms. The van der Waals surface area contributed by atoms with Gasteiger partial charge in [0.1, 0.15) is 0 Å². The lowest BCUT2D eigenvalue weighted by Gasteiger charge is -2.38. The molecule has 2 heteroatoms. The van der Waals surface area contributed by atoms with Crippen LogP contribution >= 0.6 is 0 Å². The molecule has 2 rings (SSSR count). The van der Waals surface area contributed by atoms with Crippen molar-refractivity contribution < 1.29 is 0 Å². The third-order valence-corrected chi connectivity index (χ3v) is 5.04. The average molecular weight is 238 g/mol. The first kappa shape index (κ1) is 13.4. The van der Waals surface area contributed by atoms with Gasteiger partial charge in [-0.05, 0) is 65.6 Å². The monoisotopic (exact) mass is 238 g/mol. The molecule has 0 bridgehead atoms. The maximum absolute atomic E-state index is 2.67. The SMILES string of the molecule is CN(C)[C@H]1CC[C@@H](N(C)CC2CCCC2)CC1. The van der Waals surface area contributed by atoms with Gasteiger partial charge in [-0.2, -0.15) is 0 Å². The summed E-state index contributed by atoms with van der Waals surface area (Å²) in [5.74, 6) is 1.01. The van der Waals surface area contributed by atoms with Crippen LogP contribution in [0.5, 0.6) is 0 Å². The minimum atomic E-state index is 0.839. The van der Waals surface area contributed by atoms with Crippen molar-refractivity contribution in [2.75, 3.05) is 27.7 Å². The van der Waals surface area contributed by atoms with E-state index >= 15 is 0 Å². The van der Waals surface area contributed by atoms with Gasteiger partial charge in [-0.15, -0.1) is 0 Å². The third kappa shape index (κ3) is 3.69. The van der Waals surface area contributed by atoms with Gasteiger partial charge in [-0.3, -0.25) is 0 Å². The van der Waals surface area contributed by atoms with E-state index in [0.717, 1.165) is 18.0 Å². The van der Waals surface area contributed by atoms with E-state index in [1.807, 2.05) is 0 Å². The van der Waals surface area contributed by atoms with Crippen molar-refractivity contribution in [3.63, 3.8) is 0 Å². The van der Waals surface area contributed by atoms with Gasteiger partial charge in [0.15, 0.2) is 0 Å². The molecule has 2 fully saturated rings. The molecule has 0 unspecified atom stereocenters. The lowest BCUT2D eigenvalue weighted by atomic mass is 9.89. The molecule has 0 spiro atoms. The highest BCUT2D eigenvalue weighted by Crippen LogP contribution is 2.29. The summed E-state index contributed by atoms with van der Waals surface area (Å²) in [6, 6.07) is 1.71. The Kier molecular flexibility index (Phi) is 4.87. The molecule has 0 atom stereocenters. The van der Waals surface area contributed by atoms with Crippen LogP contribution in [0.25, 0.3) is 0 Å². The van der Waals surface area contributed by atoms with Gasteiger partial charge >= 0.3 is 0 Å². The topological polar surface area (TPSA) is 6.48 Å². The normalized spacial score (nSPS) is 31.6. The average Bonchev–Trinajstić information content (AvgIpc) is 2.82. The molecule has 0 aromatic rings. The molecule has 0 amide bonds. The first-order valence-corrected chi connectivity index (χ1v) is 7.53. The van der Waals surface area contributed by atoms with Gasteiger partial charge in [-0.1, -0.05) is 12.8 Å². The van der Waals surface area contributed by atoms with Gasteiger partial charge in [0, 0.05) is 18.6 Å². The molecule has 0 aromatic carbocycles. The van der Waals surface area contributed by atoms with Crippen LogP contribution < -0.4 is 0 Å². The Hall–Kier alpha value is -0.0800. The minimum absolute atomic E-state index is 0.839. The summed E-state index contributed by atoms with van der Waals surface area (Å²) in [5.41, 5.74) is 0. The fourth-order valence-electron chi connectivity index (χ4n) is 3.76. The highest BCUT2D eigenvalue weighted by atomic mass is 15.1. The Balaban J connectivity index is 1.71. The van der Waals surface area contributed by atoms with Crippen molar-refractivity contribution >= 4 is 0 Å². The predicted octanol–water partition coefficient (Wildman–Crippen LogP) is 2.98. The van der Waals surface area contributed by atoms with E-state index < -0.39 is 0 Å².